The SMILES string of the molecule is c1ccc(-c2cccc(N(c3ccc4c(ccc5ccc6c7ccncc7oc6c54)c3)c3cccc4c3oc3ccccc34)c2)cc1. The minimum Gasteiger partial charge on any atom is -0.454 e. The number of rotatable bonds is 4. The second-order valence-corrected chi connectivity index (χ2v) is 12.0. The molecule has 0 amide bonds. The summed E-state index contributed by atoms with van der Waals surface area (Å²) < 4.78 is 13.0. The molecule has 0 saturated heterocycles. The highest BCUT2D eigenvalue weighted by atomic mass is 16.3. The Kier molecular flexibility index (Phi) is 5.54. The van der Waals surface area contributed by atoms with Crippen LogP contribution in [0.2, 0.25) is 0 Å². The maximum absolute atomic E-state index is 6.59. The molecule has 10 aromatic rings. The van der Waals surface area contributed by atoms with Crippen LogP contribution >= 0.6 is 0 Å². The van der Waals surface area contributed by atoms with E-state index in [4.69, 9.17) is 8.83 Å². The maximum atomic E-state index is 6.59. The number of benzene rings is 7. The van der Waals surface area contributed by atoms with Crippen molar-refractivity contribution in [1.82, 2.24) is 4.98 Å². The molecule has 0 saturated carbocycles. The number of hydrogen-bond acceptors (Lipinski definition) is 4. The maximum Gasteiger partial charge on any atom is 0.159 e. The van der Waals surface area contributed by atoms with Gasteiger partial charge in [-0.15, -0.1) is 0 Å². The highest BCUT2D eigenvalue weighted by Crippen LogP contribution is 2.44. The van der Waals surface area contributed by atoms with Crippen molar-refractivity contribution >= 4 is 82.5 Å². The van der Waals surface area contributed by atoms with Crippen molar-refractivity contribution in [2.75, 3.05) is 4.90 Å². The van der Waals surface area contributed by atoms with Gasteiger partial charge in [0.1, 0.15) is 11.2 Å². The lowest BCUT2D eigenvalue weighted by molar-refractivity contribution is 0.669. The second kappa shape index (κ2) is 10.1. The molecule has 0 aliphatic heterocycles. The Morgan fingerprint density at radius 1 is 0.447 bits per heavy atom. The van der Waals surface area contributed by atoms with Gasteiger partial charge in [-0.25, -0.2) is 0 Å². The van der Waals surface area contributed by atoms with E-state index in [0.29, 0.717) is 0 Å². The molecule has 4 heteroatoms. The Balaban J connectivity index is 1.23. The molecule has 47 heavy (non-hydrogen) atoms. The first-order valence-electron chi connectivity index (χ1n) is 15.8. The van der Waals surface area contributed by atoms with Gasteiger partial charge in [0.15, 0.2) is 11.2 Å². The largest absolute Gasteiger partial charge is 0.454 e. The van der Waals surface area contributed by atoms with Crippen molar-refractivity contribution < 1.29 is 8.83 Å². The summed E-state index contributed by atoms with van der Waals surface area (Å²) in [5, 5.41) is 8.90. The van der Waals surface area contributed by atoms with Gasteiger partial charge in [0.2, 0.25) is 0 Å². The van der Waals surface area contributed by atoms with E-state index in [0.717, 1.165) is 88.0 Å². The van der Waals surface area contributed by atoms with Crippen LogP contribution in [0.3, 0.4) is 0 Å². The lowest BCUT2D eigenvalue weighted by Gasteiger charge is -2.26. The molecule has 4 nitrogen and oxygen atoms in total. The van der Waals surface area contributed by atoms with Gasteiger partial charge in [-0.1, -0.05) is 97.1 Å². The van der Waals surface area contributed by atoms with Crippen molar-refractivity contribution in [3.8, 4) is 11.1 Å². The Morgan fingerprint density at radius 2 is 1.15 bits per heavy atom. The first kappa shape index (κ1) is 25.9. The molecule has 0 unspecified atom stereocenters. The quantitative estimate of drug-likeness (QED) is 0.188. The van der Waals surface area contributed by atoms with Crippen molar-refractivity contribution in [2.45, 2.75) is 0 Å². The van der Waals surface area contributed by atoms with Crippen LogP contribution in [0.15, 0.2) is 167 Å². The first-order valence-corrected chi connectivity index (χ1v) is 15.8. The zero-order valence-electron chi connectivity index (χ0n) is 25.2. The highest BCUT2D eigenvalue weighted by Gasteiger charge is 2.21. The van der Waals surface area contributed by atoms with Crippen LogP contribution in [-0.2, 0) is 0 Å². The number of anilines is 3. The van der Waals surface area contributed by atoms with E-state index in [-0.39, 0.29) is 0 Å². The molecule has 0 radical (unpaired) electrons. The van der Waals surface area contributed by atoms with E-state index in [9.17, 15) is 0 Å². The number of para-hydroxylation sites is 2. The van der Waals surface area contributed by atoms with Crippen LogP contribution in [0.25, 0.3) is 76.5 Å². The van der Waals surface area contributed by atoms with Crippen molar-refractivity contribution in [3.05, 3.63) is 158 Å². The number of pyridine rings is 1. The summed E-state index contributed by atoms with van der Waals surface area (Å²) in [6.45, 7) is 0. The lowest BCUT2D eigenvalue weighted by Crippen LogP contribution is -2.10. The fraction of sp³-hybridized carbons (Fsp3) is 0. The van der Waals surface area contributed by atoms with Gasteiger partial charge in [0.25, 0.3) is 0 Å². The topological polar surface area (TPSA) is 42.4 Å². The molecule has 0 aliphatic rings. The van der Waals surface area contributed by atoms with E-state index in [2.05, 4.69) is 137 Å². The molecule has 7 aromatic carbocycles. The highest BCUT2D eigenvalue weighted by molar-refractivity contribution is 6.23. The summed E-state index contributed by atoms with van der Waals surface area (Å²) in [6.07, 6.45) is 3.62. The van der Waals surface area contributed by atoms with Crippen molar-refractivity contribution in [2.24, 2.45) is 0 Å². The zero-order chi connectivity index (χ0) is 30.9. The van der Waals surface area contributed by atoms with Crippen LogP contribution in [-0.4, -0.2) is 4.98 Å². The van der Waals surface area contributed by atoms with Gasteiger partial charge in [0.05, 0.1) is 11.9 Å². The number of furan rings is 2. The molecule has 220 valence electrons. The van der Waals surface area contributed by atoms with Crippen LogP contribution in [0.4, 0.5) is 17.1 Å². The Bertz CT molecular complexity index is 2810. The summed E-state index contributed by atoms with van der Waals surface area (Å²) >= 11 is 0. The molecule has 10 rings (SSSR count). The number of nitrogens with zero attached hydrogens (tertiary/aromatic N) is 2. The minimum absolute atomic E-state index is 0.798. The number of aromatic nitrogens is 1. The molecule has 0 fully saturated rings. The van der Waals surface area contributed by atoms with Crippen LogP contribution < -0.4 is 4.90 Å². The third-order valence-corrected chi connectivity index (χ3v) is 9.32. The van der Waals surface area contributed by atoms with E-state index in [1.807, 2.05) is 24.4 Å². The molecule has 3 aromatic heterocycles. The summed E-state index contributed by atoms with van der Waals surface area (Å²) in [6, 6.07) is 51.4. The molecule has 0 aliphatic carbocycles. The van der Waals surface area contributed by atoms with Gasteiger partial charge >= 0.3 is 0 Å². The summed E-state index contributed by atoms with van der Waals surface area (Å²) in [5.41, 5.74) is 8.82. The van der Waals surface area contributed by atoms with Crippen LogP contribution in [0.5, 0.6) is 0 Å². The van der Waals surface area contributed by atoms with Gasteiger partial charge in [-0.05, 0) is 75.8 Å². The molecule has 0 spiro atoms. The van der Waals surface area contributed by atoms with E-state index in [1.54, 1.807) is 6.20 Å². The predicted octanol–water partition coefficient (Wildman–Crippen LogP) is 12.3. The number of fused-ring (bicyclic) bond motifs is 10. The van der Waals surface area contributed by atoms with Crippen LogP contribution in [0, 0.1) is 0 Å². The molecular formula is C43H26N2O2. The molecule has 3 heterocycles. The zero-order valence-corrected chi connectivity index (χ0v) is 25.2. The smallest absolute Gasteiger partial charge is 0.159 e. The Morgan fingerprint density at radius 3 is 2.11 bits per heavy atom. The van der Waals surface area contributed by atoms with Crippen molar-refractivity contribution in [3.63, 3.8) is 0 Å². The first-order chi connectivity index (χ1) is 23.3. The third-order valence-electron chi connectivity index (χ3n) is 9.32. The lowest BCUT2D eigenvalue weighted by atomic mass is 9.98. The predicted molar refractivity (Wildman–Crippen MR) is 194 cm³/mol. The Hall–Kier alpha value is -6.39. The van der Waals surface area contributed by atoms with E-state index in [1.165, 1.54) is 5.56 Å². The average Bonchev–Trinajstić information content (AvgIpc) is 3.71. The average molecular weight is 603 g/mol. The fourth-order valence-electron chi connectivity index (χ4n) is 7.15. The van der Waals surface area contributed by atoms with E-state index < -0.39 is 0 Å². The van der Waals surface area contributed by atoms with Gasteiger partial charge in [-0.2, -0.15) is 0 Å². The van der Waals surface area contributed by atoms with Gasteiger partial charge in [0, 0.05) is 44.5 Å². The van der Waals surface area contributed by atoms with Crippen LogP contribution in [0.1, 0.15) is 0 Å². The molecule has 0 N–H and O–H groups in total. The normalized spacial score (nSPS) is 11.8. The summed E-state index contributed by atoms with van der Waals surface area (Å²) in [4.78, 5) is 6.61. The summed E-state index contributed by atoms with van der Waals surface area (Å²) in [7, 11) is 0. The molecule has 0 bridgehead atoms. The minimum atomic E-state index is 0.798. The third kappa shape index (κ3) is 3.98. The standard InChI is InChI=1S/C43H26N2O2/c1-2-8-27(9-3-1)29-10-6-11-31(24-29)45(38-14-7-13-36-34-12-4-5-15-39(34)46-42(36)38)32-19-21-33-30(25-32)17-16-28-18-20-37-35-22-23-44-26-40(35)47-43(37)41(28)33/h1-26H. The fourth-order valence-corrected chi connectivity index (χ4v) is 7.15. The monoisotopic (exact) mass is 602 g/mol. The Labute approximate surface area is 269 Å². The van der Waals surface area contributed by atoms with Gasteiger partial charge in [-0.3, -0.25) is 4.98 Å². The molecule has 0 atom stereocenters. The summed E-state index contributed by atoms with van der Waals surface area (Å²) in [5.74, 6) is 0. The van der Waals surface area contributed by atoms with Crippen molar-refractivity contribution in [1.29, 1.82) is 0 Å². The number of hydrogen-bond donors (Lipinski definition) is 0. The van der Waals surface area contributed by atoms with E-state index >= 15 is 0 Å². The second-order valence-electron chi connectivity index (χ2n) is 12.0. The molecular weight excluding hydrogens is 576 g/mol. The van der Waals surface area contributed by atoms with Gasteiger partial charge < -0.3 is 13.7 Å².